The lowest BCUT2D eigenvalue weighted by molar-refractivity contribution is -0.160. The minimum Gasteiger partial charge on any atom is -0.340 e. The molecular formula is C14H19N3O2. The van der Waals surface area contributed by atoms with Crippen molar-refractivity contribution in [2.75, 3.05) is 0 Å². The number of carbonyl (C=O) groups excluding carboxylic acids is 2. The van der Waals surface area contributed by atoms with Crippen molar-refractivity contribution in [2.24, 2.45) is 0 Å². The molecule has 5 nitrogen and oxygen atoms in total. The first-order valence-electron chi connectivity index (χ1n) is 6.29. The van der Waals surface area contributed by atoms with E-state index in [-0.39, 0.29) is 11.8 Å². The molecule has 0 bridgehead atoms. The fourth-order valence-electron chi connectivity index (χ4n) is 2.15. The normalized spacial score (nSPS) is 21.2. The summed E-state index contributed by atoms with van der Waals surface area (Å²) >= 11 is 0. The highest BCUT2D eigenvalue weighted by molar-refractivity contribution is 6.01. The monoisotopic (exact) mass is 261 g/mol. The summed E-state index contributed by atoms with van der Waals surface area (Å²) in [5, 5.41) is 2.77. The number of aromatic nitrogens is 1. The summed E-state index contributed by atoms with van der Waals surface area (Å²) in [6, 6.07) is 3.72. The molecule has 1 saturated heterocycles. The quantitative estimate of drug-likeness (QED) is 0.867. The van der Waals surface area contributed by atoms with Crippen molar-refractivity contribution in [3.05, 3.63) is 30.1 Å². The Kier molecular flexibility index (Phi) is 3.08. The lowest BCUT2D eigenvalue weighted by Crippen LogP contribution is -2.71. The number of carbonyl (C=O) groups is 2. The van der Waals surface area contributed by atoms with Crippen LogP contribution >= 0.6 is 0 Å². The van der Waals surface area contributed by atoms with Crippen molar-refractivity contribution in [3.8, 4) is 0 Å². The molecule has 1 aromatic rings. The van der Waals surface area contributed by atoms with E-state index in [0.717, 1.165) is 5.56 Å². The Bertz CT molecular complexity index is 509. The van der Waals surface area contributed by atoms with Crippen LogP contribution in [0.4, 0.5) is 0 Å². The number of nitrogens with zero attached hydrogens (tertiary/aromatic N) is 2. The predicted octanol–water partition coefficient (Wildman–Crippen LogP) is 1.10. The zero-order valence-electron chi connectivity index (χ0n) is 11.7. The Morgan fingerprint density at radius 2 is 1.95 bits per heavy atom. The molecule has 2 heterocycles. The molecule has 1 aromatic heterocycles. The van der Waals surface area contributed by atoms with Crippen molar-refractivity contribution in [3.63, 3.8) is 0 Å². The molecule has 1 fully saturated rings. The summed E-state index contributed by atoms with van der Waals surface area (Å²) in [4.78, 5) is 30.3. The molecule has 0 aliphatic carbocycles. The van der Waals surface area contributed by atoms with E-state index < -0.39 is 11.1 Å². The van der Waals surface area contributed by atoms with Gasteiger partial charge in [0.2, 0.25) is 11.8 Å². The van der Waals surface area contributed by atoms with E-state index in [4.69, 9.17) is 0 Å². The second-order valence-corrected chi connectivity index (χ2v) is 5.89. The highest BCUT2D eigenvalue weighted by Crippen LogP contribution is 2.27. The summed E-state index contributed by atoms with van der Waals surface area (Å²) in [6.07, 6.45) is 3.40. The van der Waals surface area contributed by atoms with Gasteiger partial charge in [-0.25, -0.2) is 0 Å². The number of hydrogen-bond acceptors (Lipinski definition) is 3. The summed E-state index contributed by atoms with van der Waals surface area (Å²) in [5.74, 6) is -0.220. The molecule has 5 heteroatoms. The van der Waals surface area contributed by atoms with Gasteiger partial charge in [-0.2, -0.15) is 0 Å². The van der Waals surface area contributed by atoms with Crippen molar-refractivity contribution < 1.29 is 9.59 Å². The van der Waals surface area contributed by atoms with Gasteiger partial charge in [0.1, 0.15) is 11.1 Å². The zero-order chi connectivity index (χ0) is 14.3. The number of pyridine rings is 1. The van der Waals surface area contributed by atoms with Crippen molar-refractivity contribution in [1.29, 1.82) is 0 Å². The number of nitrogens with one attached hydrogen (secondary N) is 1. The fourth-order valence-corrected chi connectivity index (χ4v) is 2.15. The van der Waals surface area contributed by atoms with E-state index in [1.807, 2.05) is 12.1 Å². The van der Waals surface area contributed by atoms with Crippen LogP contribution in [-0.2, 0) is 16.1 Å². The van der Waals surface area contributed by atoms with Gasteiger partial charge >= 0.3 is 0 Å². The molecule has 1 N–H and O–H groups in total. The molecule has 0 saturated carbocycles. The molecule has 19 heavy (non-hydrogen) atoms. The molecule has 0 unspecified atom stereocenters. The van der Waals surface area contributed by atoms with Crippen LogP contribution in [0.2, 0.25) is 0 Å². The third kappa shape index (κ3) is 2.32. The molecular weight excluding hydrogens is 242 g/mol. The van der Waals surface area contributed by atoms with Gasteiger partial charge in [-0.15, -0.1) is 0 Å². The lowest BCUT2D eigenvalue weighted by atomic mass is 9.89. The van der Waals surface area contributed by atoms with E-state index in [2.05, 4.69) is 10.3 Å². The van der Waals surface area contributed by atoms with Crippen LogP contribution in [0, 0.1) is 0 Å². The van der Waals surface area contributed by atoms with E-state index in [0.29, 0.717) is 6.54 Å². The van der Waals surface area contributed by atoms with Crippen LogP contribution in [0.25, 0.3) is 0 Å². The van der Waals surface area contributed by atoms with Crippen LogP contribution in [0.3, 0.4) is 0 Å². The lowest BCUT2D eigenvalue weighted by Gasteiger charge is -2.47. The molecule has 1 aliphatic rings. The molecule has 0 spiro atoms. The zero-order valence-corrected chi connectivity index (χ0v) is 11.7. The smallest absolute Gasteiger partial charge is 0.248 e. The van der Waals surface area contributed by atoms with Gasteiger partial charge in [0.15, 0.2) is 0 Å². The second kappa shape index (κ2) is 4.33. The van der Waals surface area contributed by atoms with Gasteiger partial charge in [-0.3, -0.25) is 14.6 Å². The average molecular weight is 261 g/mol. The molecule has 1 aliphatic heterocycles. The number of rotatable bonds is 2. The molecule has 0 radical (unpaired) electrons. The summed E-state index contributed by atoms with van der Waals surface area (Å²) in [7, 11) is 0. The van der Waals surface area contributed by atoms with E-state index in [9.17, 15) is 9.59 Å². The van der Waals surface area contributed by atoms with Crippen LogP contribution in [0.15, 0.2) is 24.5 Å². The standard InChI is InChI=1S/C14H19N3O2/c1-13(2)12(19)17(14(3,4)11(18)16-13)9-10-6-5-7-15-8-10/h5-8H,9H2,1-4H3,(H,16,18). The predicted molar refractivity (Wildman–Crippen MR) is 71.1 cm³/mol. The Morgan fingerprint density at radius 3 is 2.53 bits per heavy atom. The van der Waals surface area contributed by atoms with Crippen LogP contribution in [-0.4, -0.2) is 32.8 Å². The molecule has 0 aromatic carbocycles. The Balaban J connectivity index is 2.34. The Labute approximate surface area is 113 Å². The van der Waals surface area contributed by atoms with Crippen molar-refractivity contribution in [1.82, 2.24) is 15.2 Å². The molecule has 102 valence electrons. The van der Waals surface area contributed by atoms with Crippen LogP contribution < -0.4 is 5.32 Å². The third-order valence-corrected chi connectivity index (χ3v) is 3.50. The number of amides is 2. The minimum absolute atomic E-state index is 0.0825. The van der Waals surface area contributed by atoms with E-state index >= 15 is 0 Å². The largest absolute Gasteiger partial charge is 0.340 e. The van der Waals surface area contributed by atoms with Crippen molar-refractivity contribution in [2.45, 2.75) is 45.3 Å². The van der Waals surface area contributed by atoms with Gasteiger partial charge in [-0.05, 0) is 39.3 Å². The van der Waals surface area contributed by atoms with Gasteiger partial charge in [0.05, 0.1) is 0 Å². The first-order chi connectivity index (χ1) is 8.75. The molecule has 2 rings (SSSR count). The highest BCUT2D eigenvalue weighted by Gasteiger charge is 2.49. The maximum absolute atomic E-state index is 12.5. The maximum atomic E-state index is 12.5. The first kappa shape index (κ1) is 13.5. The van der Waals surface area contributed by atoms with Gasteiger partial charge in [0, 0.05) is 18.9 Å². The number of piperazine rings is 1. The van der Waals surface area contributed by atoms with Gasteiger partial charge in [-0.1, -0.05) is 6.07 Å². The fraction of sp³-hybridized carbons (Fsp3) is 0.500. The molecule has 2 amide bonds. The Morgan fingerprint density at radius 1 is 1.26 bits per heavy atom. The van der Waals surface area contributed by atoms with E-state index in [1.165, 1.54) is 0 Å². The number of hydrogen-bond donors (Lipinski definition) is 1. The third-order valence-electron chi connectivity index (χ3n) is 3.50. The van der Waals surface area contributed by atoms with Gasteiger partial charge < -0.3 is 10.2 Å². The van der Waals surface area contributed by atoms with Crippen molar-refractivity contribution >= 4 is 11.8 Å². The summed E-state index contributed by atoms with van der Waals surface area (Å²) in [6.45, 7) is 7.34. The Hall–Kier alpha value is -1.91. The van der Waals surface area contributed by atoms with Crippen LogP contribution in [0.1, 0.15) is 33.3 Å². The summed E-state index contributed by atoms with van der Waals surface area (Å²) < 4.78 is 0. The first-order valence-corrected chi connectivity index (χ1v) is 6.29. The molecule has 0 atom stereocenters. The van der Waals surface area contributed by atoms with E-state index in [1.54, 1.807) is 45.0 Å². The average Bonchev–Trinajstić information content (AvgIpc) is 2.34. The summed E-state index contributed by atoms with van der Waals surface area (Å²) in [5.41, 5.74) is -0.813. The minimum atomic E-state index is -0.866. The highest BCUT2D eigenvalue weighted by atomic mass is 16.2. The van der Waals surface area contributed by atoms with Gasteiger partial charge in [0.25, 0.3) is 0 Å². The SMILES string of the molecule is CC1(C)NC(=O)C(C)(C)N(Cc2cccnc2)C1=O. The second-order valence-electron chi connectivity index (χ2n) is 5.89. The topological polar surface area (TPSA) is 62.3 Å². The van der Waals surface area contributed by atoms with Crippen LogP contribution in [0.5, 0.6) is 0 Å². The maximum Gasteiger partial charge on any atom is 0.248 e.